The van der Waals surface area contributed by atoms with Gasteiger partial charge in [-0.2, -0.15) is 0 Å². The van der Waals surface area contributed by atoms with Crippen molar-refractivity contribution in [1.29, 1.82) is 0 Å². The van der Waals surface area contributed by atoms with E-state index in [9.17, 15) is 9.59 Å². The number of rotatable bonds is 11. The molecule has 0 bridgehead atoms. The summed E-state index contributed by atoms with van der Waals surface area (Å²) < 4.78 is 10.3. The zero-order chi connectivity index (χ0) is 21.2. The summed E-state index contributed by atoms with van der Waals surface area (Å²) in [6, 6.07) is 13.5. The lowest BCUT2D eigenvalue weighted by atomic mass is 10.0. The smallest absolute Gasteiger partial charge is 0.308 e. The maximum atomic E-state index is 12.5. The number of carbonyl (C=O) groups is 2. The Morgan fingerprint density at radius 2 is 1.83 bits per heavy atom. The number of ether oxygens (including phenoxy) is 2. The van der Waals surface area contributed by atoms with Crippen molar-refractivity contribution in [3.63, 3.8) is 0 Å². The summed E-state index contributed by atoms with van der Waals surface area (Å²) in [6.07, 6.45) is 4.92. The molecule has 0 amide bonds. The molecule has 2 rings (SSSR count). The van der Waals surface area contributed by atoms with Crippen LogP contribution in [0.5, 0.6) is 11.5 Å². The number of hydrogen-bond donors (Lipinski definition) is 1. The molecular formula is C23H30BrNO4S. The Labute approximate surface area is 193 Å². The maximum absolute atomic E-state index is 12.5. The van der Waals surface area contributed by atoms with Crippen LogP contribution in [0.3, 0.4) is 0 Å². The van der Waals surface area contributed by atoms with Crippen LogP contribution < -0.4 is 14.8 Å². The van der Waals surface area contributed by atoms with Crippen LogP contribution in [0.2, 0.25) is 0 Å². The number of Topliss-reactive ketones (excluding diaryl/α,β-unsaturated/α-hetero) is 1. The van der Waals surface area contributed by atoms with Crippen LogP contribution in [0.1, 0.15) is 42.6 Å². The number of carbonyl (C=O) groups excluding carboxylic acids is 2. The van der Waals surface area contributed by atoms with Gasteiger partial charge in [-0.15, -0.1) is 28.7 Å². The van der Waals surface area contributed by atoms with Crippen molar-refractivity contribution in [3.8, 4) is 11.5 Å². The van der Waals surface area contributed by atoms with Crippen LogP contribution in [0.4, 0.5) is 0 Å². The van der Waals surface area contributed by atoms with Gasteiger partial charge in [-0.1, -0.05) is 12.1 Å². The molecule has 0 spiro atoms. The molecule has 0 aliphatic rings. The first kappa shape index (κ1) is 26.2. The van der Waals surface area contributed by atoms with E-state index in [1.807, 2.05) is 18.4 Å². The van der Waals surface area contributed by atoms with Crippen molar-refractivity contribution >= 4 is 40.5 Å². The van der Waals surface area contributed by atoms with Crippen LogP contribution in [0, 0.1) is 0 Å². The van der Waals surface area contributed by atoms with E-state index in [-0.39, 0.29) is 41.3 Å². The molecule has 164 valence electrons. The maximum Gasteiger partial charge on any atom is 0.308 e. The summed E-state index contributed by atoms with van der Waals surface area (Å²) in [4.78, 5) is 24.5. The summed E-state index contributed by atoms with van der Waals surface area (Å²) in [6.45, 7) is 3.74. The standard InChI is InChI=1S/C23H29NO4S.BrH/c1-16(6-5-7-18-8-11-20(27-3)12-9-18)24-15-21(26)19-10-13-22(28-17(2)25)23(14-19)29-4;/h8-14,16,24H,5-7,15H2,1-4H3;1H. The molecular weight excluding hydrogens is 466 g/mol. The first-order valence-electron chi connectivity index (χ1n) is 9.69. The molecule has 2 aromatic carbocycles. The Kier molecular flexibility index (Phi) is 11.8. The van der Waals surface area contributed by atoms with E-state index < -0.39 is 0 Å². The van der Waals surface area contributed by atoms with E-state index in [0.717, 1.165) is 29.9 Å². The first-order valence-corrected chi connectivity index (χ1v) is 10.9. The average Bonchev–Trinajstić information content (AvgIpc) is 2.72. The molecule has 0 saturated heterocycles. The molecule has 7 heteroatoms. The second-order valence-electron chi connectivity index (χ2n) is 6.90. The van der Waals surface area contributed by atoms with Gasteiger partial charge in [-0.3, -0.25) is 9.59 Å². The molecule has 1 unspecified atom stereocenters. The van der Waals surface area contributed by atoms with Crippen LogP contribution in [-0.4, -0.2) is 37.7 Å². The summed E-state index contributed by atoms with van der Waals surface area (Å²) in [5.74, 6) is 1.01. The van der Waals surface area contributed by atoms with Gasteiger partial charge < -0.3 is 14.8 Å². The predicted molar refractivity (Wildman–Crippen MR) is 128 cm³/mol. The number of methoxy groups -OCH3 is 1. The molecule has 5 nitrogen and oxygen atoms in total. The quantitative estimate of drug-likeness (QED) is 0.202. The highest BCUT2D eigenvalue weighted by molar-refractivity contribution is 8.93. The monoisotopic (exact) mass is 495 g/mol. The predicted octanol–water partition coefficient (Wildman–Crippen LogP) is 5.10. The highest BCUT2D eigenvalue weighted by Gasteiger charge is 2.12. The van der Waals surface area contributed by atoms with E-state index in [2.05, 4.69) is 24.4 Å². The Morgan fingerprint density at radius 1 is 1.13 bits per heavy atom. The molecule has 1 atom stereocenters. The summed E-state index contributed by atoms with van der Waals surface area (Å²) in [5.41, 5.74) is 1.90. The Balaban J connectivity index is 0.00000450. The van der Waals surface area contributed by atoms with Crippen LogP contribution in [-0.2, 0) is 11.2 Å². The van der Waals surface area contributed by atoms with Gasteiger partial charge in [-0.25, -0.2) is 0 Å². The Morgan fingerprint density at radius 3 is 2.43 bits per heavy atom. The minimum atomic E-state index is -0.371. The zero-order valence-corrected chi connectivity index (χ0v) is 20.4. The fraction of sp³-hybridized carbons (Fsp3) is 0.391. The molecule has 2 aromatic rings. The van der Waals surface area contributed by atoms with Gasteiger partial charge in [0.1, 0.15) is 11.5 Å². The highest BCUT2D eigenvalue weighted by Crippen LogP contribution is 2.29. The van der Waals surface area contributed by atoms with Gasteiger partial charge in [0.25, 0.3) is 0 Å². The lowest BCUT2D eigenvalue weighted by Crippen LogP contribution is -2.31. The second-order valence-corrected chi connectivity index (χ2v) is 7.75. The topological polar surface area (TPSA) is 64.6 Å². The third-order valence-corrected chi connectivity index (χ3v) is 5.37. The highest BCUT2D eigenvalue weighted by atomic mass is 79.9. The Hall–Kier alpha value is -1.83. The number of nitrogens with one attached hydrogen (secondary N) is 1. The number of hydrogen-bond acceptors (Lipinski definition) is 6. The molecule has 30 heavy (non-hydrogen) atoms. The summed E-state index contributed by atoms with van der Waals surface area (Å²) in [7, 11) is 1.67. The molecule has 0 aromatic heterocycles. The molecule has 0 heterocycles. The molecule has 0 fully saturated rings. The van der Waals surface area contributed by atoms with Gasteiger partial charge in [0.15, 0.2) is 5.78 Å². The van der Waals surface area contributed by atoms with Crippen molar-refractivity contribution in [1.82, 2.24) is 5.32 Å². The van der Waals surface area contributed by atoms with Gasteiger partial charge in [-0.05, 0) is 68.3 Å². The van der Waals surface area contributed by atoms with Crippen molar-refractivity contribution in [2.75, 3.05) is 19.9 Å². The average molecular weight is 496 g/mol. The minimum absolute atomic E-state index is 0. The SMILES string of the molecule is Br.COc1ccc(CCCC(C)NCC(=O)c2ccc(OC(C)=O)c(SC)c2)cc1. The van der Waals surface area contributed by atoms with Gasteiger partial charge in [0.2, 0.25) is 0 Å². The number of ketones is 1. The molecule has 0 radical (unpaired) electrons. The fourth-order valence-electron chi connectivity index (χ4n) is 2.96. The van der Waals surface area contributed by atoms with E-state index in [1.165, 1.54) is 24.2 Å². The van der Waals surface area contributed by atoms with Gasteiger partial charge >= 0.3 is 5.97 Å². The van der Waals surface area contributed by atoms with E-state index in [1.54, 1.807) is 25.3 Å². The van der Waals surface area contributed by atoms with Crippen molar-refractivity contribution in [2.45, 2.75) is 44.0 Å². The van der Waals surface area contributed by atoms with Gasteiger partial charge in [0, 0.05) is 18.5 Å². The molecule has 0 aliphatic heterocycles. The lowest BCUT2D eigenvalue weighted by molar-refractivity contribution is -0.132. The second kappa shape index (κ2) is 13.5. The minimum Gasteiger partial charge on any atom is -0.497 e. The van der Waals surface area contributed by atoms with Crippen molar-refractivity contribution < 1.29 is 19.1 Å². The largest absolute Gasteiger partial charge is 0.497 e. The number of esters is 1. The lowest BCUT2D eigenvalue weighted by Gasteiger charge is -2.14. The number of thioether (sulfide) groups is 1. The Bertz CT molecular complexity index is 826. The van der Waals surface area contributed by atoms with Crippen LogP contribution in [0.25, 0.3) is 0 Å². The van der Waals surface area contributed by atoms with E-state index >= 15 is 0 Å². The molecule has 0 saturated carbocycles. The summed E-state index contributed by atoms with van der Waals surface area (Å²) in [5, 5.41) is 3.31. The number of aryl methyl sites for hydroxylation is 1. The first-order chi connectivity index (χ1) is 13.9. The third kappa shape index (κ3) is 8.50. The van der Waals surface area contributed by atoms with Crippen molar-refractivity contribution in [2.24, 2.45) is 0 Å². The van der Waals surface area contributed by atoms with Crippen LogP contribution in [0.15, 0.2) is 47.4 Å². The molecule has 1 N–H and O–H groups in total. The molecule has 0 aliphatic carbocycles. The van der Waals surface area contributed by atoms with Crippen molar-refractivity contribution in [3.05, 3.63) is 53.6 Å². The van der Waals surface area contributed by atoms with E-state index in [0.29, 0.717) is 11.3 Å². The fourth-order valence-corrected chi connectivity index (χ4v) is 3.51. The number of halogens is 1. The van der Waals surface area contributed by atoms with E-state index in [4.69, 9.17) is 9.47 Å². The normalized spacial score (nSPS) is 11.3. The zero-order valence-electron chi connectivity index (χ0n) is 17.9. The van der Waals surface area contributed by atoms with Crippen LogP contribution >= 0.6 is 28.7 Å². The summed E-state index contributed by atoms with van der Waals surface area (Å²) >= 11 is 1.45. The number of benzene rings is 2. The van der Waals surface area contributed by atoms with Gasteiger partial charge in [0.05, 0.1) is 18.6 Å². The third-order valence-electron chi connectivity index (χ3n) is 4.61.